The molecule has 1 aliphatic rings. The number of carboxylic acids is 1. The Hall–Kier alpha value is -2.89. The van der Waals surface area contributed by atoms with E-state index in [0.29, 0.717) is 31.6 Å². The Bertz CT molecular complexity index is 794. The predicted octanol–water partition coefficient (Wildman–Crippen LogP) is 3.34. The Morgan fingerprint density at radius 1 is 1.22 bits per heavy atom. The number of amides is 1. The van der Waals surface area contributed by atoms with Crippen molar-refractivity contribution in [1.82, 2.24) is 10.3 Å². The first-order chi connectivity index (χ1) is 13.0. The number of carbonyl (C=O) groups excluding carboxylic acids is 1. The number of rotatable bonds is 7. The summed E-state index contributed by atoms with van der Waals surface area (Å²) in [4.78, 5) is 27.7. The van der Waals surface area contributed by atoms with E-state index in [0.717, 1.165) is 11.3 Å². The SMILES string of the molecule is CC(NC(=O)[C@@H]1CC[C@H](C(=O)O)C1)c1cccc(OCc2ccccn2)c1. The standard InChI is InChI=1S/C21H24N2O4/c1-14(23-20(24)16-8-9-17(11-16)21(25)26)15-5-4-7-19(12-15)27-13-18-6-2-3-10-22-18/h2-7,10,12,14,16-17H,8-9,11,13H2,1H3,(H,23,24)(H,25,26)/t14?,16-,17+/m1/s1. The second-order valence-electron chi connectivity index (χ2n) is 6.96. The first-order valence-corrected chi connectivity index (χ1v) is 9.19. The van der Waals surface area contributed by atoms with Crippen LogP contribution in [0.2, 0.25) is 0 Å². The third-order valence-corrected chi connectivity index (χ3v) is 4.98. The number of ether oxygens (including phenoxy) is 1. The van der Waals surface area contributed by atoms with Crippen LogP contribution in [0.3, 0.4) is 0 Å². The predicted molar refractivity (Wildman–Crippen MR) is 100 cm³/mol. The topological polar surface area (TPSA) is 88.5 Å². The molecule has 0 aliphatic heterocycles. The summed E-state index contributed by atoms with van der Waals surface area (Å²) in [6.07, 6.45) is 3.34. The fourth-order valence-corrected chi connectivity index (χ4v) is 3.37. The molecule has 1 aliphatic carbocycles. The monoisotopic (exact) mass is 368 g/mol. The highest BCUT2D eigenvalue weighted by atomic mass is 16.5. The van der Waals surface area contributed by atoms with E-state index >= 15 is 0 Å². The molecular formula is C21H24N2O4. The number of aromatic nitrogens is 1. The molecule has 1 amide bonds. The molecule has 1 aromatic heterocycles. The van der Waals surface area contributed by atoms with E-state index in [1.807, 2.05) is 49.4 Å². The van der Waals surface area contributed by atoms with Gasteiger partial charge in [0.15, 0.2) is 0 Å². The second-order valence-corrected chi connectivity index (χ2v) is 6.96. The van der Waals surface area contributed by atoms with Crippen molar-refractivity contribution in [2.75, 3.05) is 0 Å². The van der Waals surface area contributed by atoms with Crippen molar-refractivity contribution >= 4 is 11.9 Å². The van der Waals surface area contributed by atoms with Gasteiger partial charge in [-0.25, -0.2) is 0 Å². The first kappa shape index (κ1) is 18.9. The summed E-state index contributed by atoms with van der Waals surface area (Å²) in [5.74, 6) is -0.801. The summed E-state index contributed by atoms with van der Waals surface area (Å²) in [6.45, 7) is 2.29. The van der Waals surface area contributed by atoms with Crippen LogP contribution in [0.4, 0.5) is 0 Å². The van der Waals surface area contributed by atoms with Crippen LogP contribution >= 0.6 is 0 Å². The molecule has 2 N–H and O–H groups in total. The molecule has 0 radical (unpaired) electrons. The number of pyridine rings is 1. The zero-order chi connectivity index (χ0) is 19.2. The summed E-state index contributed by atoms with van der Waals surface area (Å²) in [7, 11) is 0. The van der Waals surface area contributed by atoms with Crippen LogP contribution in [-0.4, -0.2) is 22.0 Å². The zero-order valence-electron chi connectivity index (χ0n) is 15.3. The Morgan fingerprint density at radius 3 is 2.74 bits per heavy atom. The third-order valence-electron chi connectivity index (χ3n) is 4.98. The molecule has 0 spiro atoms. The van der Waals surface area contributed by atoms with Crippen LogP contribution in [0.25, 0.3) is 0 Å². The third kappa shape index (κ3) is 5.06. The maximum absolute atomic E-state index is 12.4. The molecule has 0 bridgehead atoms. The van der Waals surface area contributed by atoms with Crippen molar-refractivity contribution in [2.45, 2.75) is 38.8 Å². The van der Waals surface area contributed by atoms with Gasteiger partial charge in [0.25, 0.3) is 0 Å². The van der Waals surface area contributed by atoms with Crippen molar-refractivity contribution in [1.29, 1.82) is 0 Å². The van der Waals surface area contributed by atoms with Gasteiger partial charge in [-0.05, 0) is 56.0 Å². The molecule has 1 unspecified atom stereocenters. The van der Waals surface area contributed by atoms with Gasteiger partial charge in [-0.2, -0.15) is 0 Å². The Morgan fingerprint density at radius 2 is 2.04 bits per heavy atom. The smallest absolute Gasteiger partial charge is 0.306 e. The number of nitrogens with zero attached hydrogens (tertiary/aromatic N) is 1. The van der Waals surface area contributed by atoms with Crippen LogP contribution in [0.15, 0.2) is 48.7 Å². The lowest BCUT2D eigenvalue weighted by molar-refractivity contribution is -0.141. The lowest BCUT2D eigenvalue weighted by Crippen LogP contribution is -2.32. The summed E-state index contributed by atoms with van der Waals surface area (Å²) in [5.41, 5.74) is 1.79. The molecule has 1 fully saturated rings. The highest BCUT2D eigenvalue weighted by Gasteiger charge is 2.34. The van der Waals surface area contributed by atoms with Crippen LogP contribution in [-0.2, 0) is 16.2 Å². The molecule has 3 rings (SSSR count). The molecule has 27 heavy (non-hydrogen) atoms. The van der Waals surface area contributed by atoms with Gasteiger partial charge in [-0.1, -0.05) is 18.2 Å². The minimum atomic E-state index is -0.809. The van der Waals surface area contributed by atoms with Crippen molar-refractivity contribution < 1.29 is 19.4 Å². The number of hydrogen-bond donors (Lipinski definition) is 2. The van der Waals surface area contributed by atoms with E-state index in [1.165, 1.54) is 0 Å². The van der Waals surface area contributed by atoms with E-state index in [2.05, 4.69) is 10.3 Å². The van der Waals surface area contributed by atoms with Crippen molar-refractivity contribution in [3.05, 3.63) is 59.9 Å². The van der Waals surface area contributed by atoms with Crippen LogP contribution < -0.4 is 10.1 Å². The molecule has 1 heterocycles. The number of hydrogen-bond acceptors (Lipinski definition) is 4. The first-order valence-electron chi connectivity index (χ1n) is 9.19. The Balaban J connectivity index is 1.56. The number of carbonyl (C=O) groups is 2. The normalized spacial score (nSPS) is 20.0. The molecule has 142 valence electrons. The Kier molecular flexibility index (Phi) is 6.06. The van der Waals surface area contributed by atoms with Crippen LogP contribution in [0, 0.1) is 11.8 Å². The molecular weight excluding hydrogens is 344 g/mol. The van der Waals surface area contributed by atoms with Gasteiger partial charge in [0, 0.05) is 12.1 Å². The van der Waals surface area contributed by atoms with Gasteiger partial charge in [-0.15, -0.1) is 0 Å². The summed E-state index contributed by atoms with van der Waals surface area (Å²) >= 11 is 0. The maximum atomic E-state index is 12.4. The van der Waals surface area contributed by atoms with Gasteiger partial charge < -0.3 is 15.2 Å². The van der Waals surface area contributed by atoms with Crippen LogP contribution in [0.1, 0.15) is 43.5 Å². The van der Waals surface area contributed by atoms with Gasteiger partial charge in [0.1, 0.15) is 12.4 Å². The molecule has 3 atom stereocenters. The second kappa shape index (κ2) is 8.66. The molecule has 2 aromatic rings. The average Bonchev–Trinajstić information content (AvgIpc) is 3.18. The number of aliphatic carboxylic acids is 1. The number of benzene rings is 1. The lowest BCUT2D eigenvalue weighted by atomic mass is 10.0. The molecule has 1 aromatic carbocycles. The highest BCUT2D eigenvalue weighted by molar-refractivity contribution is 5.81. The fourth-order valence-electron chi connectivity index (χ4n) is 3.37. The summed E-state index contributed by atoms with van der Waals surface area (Å²) in [5, 5.41) is 12.1. The number of nitrogens with one attached hydrogen (secondary N) is 1. The average molecular weight is 368 g/mol. The zero-order valence-corrected chi connectivity index (χ0v) is 15.3. The van der Waals surface area contributed by atoms with E-state index in [4.69, 9.17) is 9.84 Å². The van der Waals surface area contributed by atoms with Gasteiger partial charge in [0.2, 0.25) is 5.91 Å². The van der Waals surface area contributed by atoms with E-state index in [1.54, 1.807) is 6.20 Å². The quantitative estimate of drug-likeness (QED) is 0.782. The van der Waals surface area contributed by atoms with Crippen molar-refractivity contribution in [3.8, 4) is 5.75 Å². The molecule has 6 nitrogen and oxygen atoms in total. The molecule has 0 saturated heterocycles. The molecule has 1 saturated carbocycles. The Labute approximate surface area is 158 Å². The van der Waals surface area contributed by atoms with Crippen LogP contribution in [0.5, 0.6) is 5.75 Å². The molecule has 6 heteroatoms. The van der Waals surface area contributed by atoms with E-state index in [9.17, 15) is 9.59 Å². The van der Waals surface area contributed by atoms with Gasteiger partial charge >= 0.3 is 5.97 Å². The lowest BCUT2D eigenvalue weighted by Gasteiger charge is -2.18. The van der Waals surface area contributed by atoms with Gasteiger partial charge in [0.05, 0.1) is 17.7 Å². The van der Waals surface area contributed by atoms with Crippen molar-refractivity contribution in [3.63, 3.8) is 0 Å². The minimum Gasteiger partial charge on any atom is -0.487 e. The highest BCUT2D eigenvalue weighted by Crippen LogP contribution is 2.31. The largest absolute Gasteiger partial charge is 0.487 e. The van der Waals surface area contributed by atoms with E-state index in [-0.39, 0.29) is 17.9 Å². The number of carboxylic acid groups (broad SMARTS) is 1. The summed E-state index contributed by atoms with van der Waals surface area (Å²) < 4.78 is 5.79. The maximum Gasteiger partial charge on any atom is 0.306 e. The fraction of sp³-hybridized carbons (Fsp3) is 0.381. The minimum absolute atomic E-state index is 0.0777. The van der Waals surface area contributed by atoms with Gasteiger partial charge in [-0.3, -0.25) is 14.6 Å². The van der Waals surface area contributed by atoms with Crippen molar-refractivity contribution in [2.24, 2.45) is 11.8 Å². The van der Waals surface area contributed by atoms with E-state index < -0.39 is 11.9 Å². The summed E-state index contributed by atoms with van der Waals surface area (Å²) in [6, 6.07) is 13.1.